The SMILES string of the molecule is CCc1cccc(C)c1-n1cccc1/C=C(/C#N)C(=O)Nc1nnc(Cc2cccs2)s1. The second kappa shape index (κ2) is 9.73. The fourth-order valence-electron chi connectivity index (χ4n) is 3.46. The van der Waals surface area contributed by atoms with Crippen LogP contribution in [0.1, 0.15) is 33.6 Å². The molecule has 1 N–H and O–H groups in total. The molecule has 4 aromatic rings. The van der Waals surface area contributed by atoms with Gasteiger partial charge in [0.05, 0.1) is 5.69 Å². The van der Waals surface area contributed by atoms with Crippen molar-refractivity contribution in [3.05, 3.63) is 86.3 Å². The molecule has 0 unspecified atom stereocenters. The third kappa shape index (κ3) is 4.69. The van der Waals surface area contributed by atoms with Gasteiger partial charge in [0.15, 0.2) is 0 Å². The molecule has 1 aromatic carbocycles. The van der Waals surface area contributed by atoms with Crippen LogP contribution in [0.2, 0.25) is 0 Å². The molecule has 0 aliphatic heterocycles. The average molecular weight is 460 g/mol. The Hall–Kier alpha value is -3.54. The summed E-state index contributed by atoms with van der Waals surface area (Å²) in [5.74, 6) is -0.500. The van der Waals surface area contributed by atoms with Crippen molar-refractivity contribution in [2.45, 2.75) is 26.7 Å². The summed E-state index contributed by atoms with van der Waals surface area (Å²) in [6, 6.07) is 16.0. The van der Waals surface area contributed by atoms with Gasteiger partial charge in [-0.3, -0.25) is 10.1 Å². The molecule has 0 atom stereocenters. The number of carbonyl (C=O) groups is 1. The van der Waals surface area contributed by atoms with Crippen molar-refractivity contribution in [2.75, 3.05) is 5.32 Å². The summed E-state index contributed by atoms with van der Waals surface area (Å²) in [6.07, 6.45) is 5.11. The molecule has 0 saturated heterocycles. The Labute approximate surface area is 194 Å². The fourth-order valence-corrected chi connectivity index (χ4v) is 5.02. The van der Waals surface area contributed by atoms with Gasteiger partial charge >= 0.3 is 0 Å². The zero-order valence-corrected chi connectivity index (χ0v) is 19.3. The number of para-hydroxylation sites is 1. The van der Waals surface area contributed by atoms with Crippen molar-refractivity contribution in [3.8, 4) is 11.8 Å². The number of benzene rings is 1. The maximum atomic E-state index is 12.8. The Balaban J connectivity index is 1.56. The van der Waals surface area contributed by atoms with E-state index in [1.807, 2.05) is 52.5 Å². The summed E-state index contributed by atoms with van der Waals surface area (Å²) in [5.41, 5.74) is 4.17. The molecule has 6 nitrogen and oxygen atoms in total. The highest BCUT2D eigenvalue weighted by Gasteiger charge is 2.15. The topological polar surface area (TPSA) is 83.6 Å². The van der Waals surface area contributed by atoms with Crippen LogP contribution in [0.25, 0.3) is 11.8 Å². The van der Waals surface area contributed by atoms with Gasteiger partial charge in [-0.25, -0.2) is 0 Å². The highest BCUT2D eigenvalue weighted by Crippen LogP contribution is 2.25. The maximum Gasteiger partial charge on any atom is 0.268 e. The van der Waals surface area contributed by atoms with Gasteiger partial charge in [0, 0.05) is 23.2 Å². The first-order valence-corrected chi connectivity index (χ1v) is 11.8. The van der Waals surface area contributed by atoms with Crippen molar-refractivity contribution in [3.63, 3.8) is 0 Å². The number of nitrogens with one attached hydrogen (secondary N) is 1. The number of thiophene rings is 1. The van der Waals surface area contributed by atoms with Gasteiger partial charge in [-0.2, -0.15) is 5.26 Å². The molecule has 3 heterocycles. The third-order valence-electron chi connectivity index (χ3n) is 4.97. The lowest BCUT2D eigenvalue weighted by atomic mass is 10.1. The van der Waals surface area contributed by atoms with Crippen molar-refractivity contribution in [2.24, 2.45) is 0 Å². The molecule has 0 aliphatic rings. The molecule has 0 bridgehead atoms. The van der Waals surface area contributed by atoms with Crippen LogP contribution in [0.3, 0.4) is 0 Å². The minimum Gasteiger partial charge on any atom is -0.317 e. The Bertz CT molecular complexity index is 1310. The maximum absolute atomic E-state index is 12.8. The summed E-state index contributed by atoms with van der Waals surface area (Å²) >= 11 is 2.96. The lowest BCUT2D eigenvalue weighted by molar-refractivity contribution is -0.112. The van der Waals surface area contributed by atoms with Crippen LogP contribution in [0, 0.1) is 18.3 Å². The molecule has 0 saturated carbocycles. The van der Waals surface area contributed by atoms with E-state index in [-0.39, 0.29) is 5.57 Å². The van der Waals surface area contributed by atoms with E-state index in [9.17, 15) is 10.1 Å². The van der Waals surface area contributed by atoms with Gasteiger partial charge in [0.1, 0.15) is 16.6 Å². The number of rotatable bonds is 7. The first kappa shape index (κ1) is 21.7. The van der Waals surface area contributed by atoms with Gasteiger partial charge in [-0.15, -0.1) is 21.5 Å². The summed E-state index contributed by atoms with van der Waals surface area (Å²) in [4.78, 5) is 13.9. The van der Waals surface area contributed by atoms with Crippen LogP contribution in [0.15, 0.2) is 59.6 Å². The number of carbonyl (C=O) groups excluding carboxylic acids is 1. The van der Waals surface area contributed by atoms with Crippen LogP contribution >= 0.6 is 22.7 Å². The van der Waals surface area contributed by atoms with Crippen LogP contribution in [0.4, 0.5) is 5.13 Å². The van der Waals surface area contributed by atoms with Crippen molar-refractivity contribution in [1.82, 2.24) is 14.8 Å². The quantitative estimate of drug-likeness (QED) is 0.296. The van der Waals surface area contributed by atoms with Crippen LogP contribution in [0.5, 0.6) is 0 Å². The first-order chi connectivity index (χ1) is 15.6. The Morgan fingerprint density at radius 3 is 2.84 bits per heavy atom. The van der Waals surface area contributed by atoms with Gasteiger partial charge in [-0.1, -0.05) is 42.5 Å². The molecule has 0 spiro atoms. The molecule has 0 radical (unpaired) electrons. The monoisotopic (exact) mass is 459 g/mol. The Morgan fingerprint density at radius 2 is 2.09 bits per heavy atom. The predicted molar refractivity (Wildman–Crippen MR) is 129 cm³/mol. The molecule has 1 amide bonds. The summed E-state index contributed by atoms with van der Waals surface area (Å²) < 4.78 is 2.02. The highest BCUT2D eigenvalue weighted by molar-refractivity contribution is 7.15. The fraction of sp³-hybridized carbons (Fsp3) is 0.167. The zero-order valence-electron chi connectivity index (χ0n) is 17.7. The highest BCUT2D eigenvalue weighted by atomic mass is 32.1. The van der Waals surface area contributed by atoms with Gasteiger partial charge in [-0.05, 0) is 54.1 Å². The minimum absolute atomic E-state index is 0.00610. The Kier molecular flexibility index (Phi) is 6.59. The molecular weight excluding hydrogens is 438 g/mol. The van der Waals surface area contributed by atoms with Gasteiger partial charge in [0.25, 0.3) is 5.91 Å². The molecule has 8 heteroatoms. The molecular formula is C24H21N5OS2. The molecule has 4 rings (SSSR count). The van der Waals surface area contributed by atoms with E-state index in [1.54, 1.807) is 17.4 Å². The van der Waals surface area contributed by atoms with Crippen molar-refractivity contribution in [1.29, 1.82) is 5.26 Å². The average Bonchev–Trinajstić information content (AvgIpc) is 3.55. The number of aromatic nitrogens is 3. The van der Waals surface area contributed by atoms with Gasteiger partial charge in [0.2, 0.25) is 5.13 Å². The standard InChI is InChI=1S/C24H21N5OS2/c1-3-17-8-4-7-16(2)22(17)29-11-5-9-19(29)13-18(15-25)23(30)26-24-28-27-21(32-24)14-20-10-6-12-31-20/h4-13H,3,14H2,1-2H3,(H,26,28,30)/b18-13-. The smallest absolute Gasteiger partial charge is 0.268 e. The number of amides is 1. The van der Waals surface area contributed by atoms with Crippen LogP contribution in [-0.4, -0.2) is 20.7 Å². The molecule has 160 valence electrons. The van der Waals surface area contributed by atoms with E-state index in [0.29, 0.717) is 11.6 Å². The van der Waals surface area contributed by atoms with Crippen molar-refractivity contribution < 1.29 is 4.79 Å². The number of nitriles is 1. The normalized spacial score (nSPS) is 11.3. The number of nitrogens with zero attached hydrogens (tertiary/aromatic N) is 4. The summed E-state index contributed by atoms with van der Waals surface area (Å²) in [7, 11) is 0. The largest absolute Gasteiger partial charge is 0.317 e. The van der Waals surface area contributed by atoms with E-state index in [4.69, 9.17) is 0 Å². The van der Waals surface area contributed by atoms with Crippen LogP contribution < -0.4 is 5.32 Å². The summed E-state index contributed by atoms with van der Waals surface area (Å²) in [6.45, 7) is 4.17. The van der Waals surface area contributed by atoms with Crippen molar-refractivity contribution >= 4 is 39.8 Å². The molecule has 3 aromatic heterocycles. The minimum atomic E-state index is -0.500. The number of hydrogen-bond donors (Lipinski definition) is 1. The number of hydrogen-bond acceptors (Lipinski definition) is 6. The summed E-state index contributed by atoms with van der Waals surface area (Å²) in [5, 5.41) is 23.7. The Morgan fingerprint density at radius 1 is 1.22 bits per heavy atom. The third-order valence-corrected chi connectivity index (χ3v) is 6.69. The van der Waals surface area contributed by atoms with Crippen LogP contribution in [-0.2, 0) is 17.6 Å². The van der Waals surface area contributed by atoms with E-state index in [1.165, 1.54) is 21.8 Å². The van der Waals surface area contributed by atoms with E-state index >= 15 is 0 Å². The predicted octanol–water partition coefficient (Wildman–Crippen LogP) is 5.40. The van der Waals surface area contributed by atoms with Gasteiger partial charge < -0.3 is 4.57 Å². The number of anilines is 1. The first-order valence-electron chi connectivity index (χ1n) is 10.1. The molecule has 0 aliphatic carbocycles. The molecule has 32 heavy (non-hydrogen) atoms. The molecule has 0 fully saturated rings. The second-order valence-corrected chi connectivity index (χ2v) is 9.21. The second-order valence-electron chi connectivity index (χ2n) is 7.12. The van der Waals surface area contributed by atoms with E-state index in [0.717, 1.165) is 28.4 Å². The zero-order chi connectivity index (χ0) is 22.5. The van der Waals surface area contributed by atoms with E-state index < -0.39 is 5.91 Å². The number of aryl methyl sites for hydroxylation is 2. The lowest BCUT2D eigenvalue weighted by Crippen LogP contribution is -2.13. The lowest BCUT2D eigenvalue weighted by Gasteiger charge is -2.15. The van der Waals surface area contributed by atoms with E-state index in [2.05, 4.69) is 41.5 Å².